The van der Waals surface area contributed by atoms with Gasteiger partial charge in [-0.05, 0) is 25.5 Å². The van der Waals surface area contributed by atoms with E-state index in [1.807, 2.05) is 0 Å². The lowest BCUT2D eigenvalue weighted by molar-refractivity contribution is -0.137. The van der Waals surface area contributed by atoms with Crippen LogP contribution in [0.15, 0.2) is 36.4 Å². The highest BCUT2D eigenvalue weighted by Crippen LogP contribution is 2.15. The minimum Gasteiger partial charge on any atom is -0.463 e. The number of primary amides is 1. The van der Waals surface area contributed by atoms with E-state index >= 15 is 0 Å². The maximum absolute atomic E-state index is 12.4. The van der Waals surface area contributed by atoms with E-state index in [2.05, 4.69) is 10.6 Å². The Kier molecular flexibility index (Phi) is 7.85. The molecule has 3 amide bonds. The molecule has 1 aromatic rings. The molecule has 0 aliphatic rings. The zero-order valence-electron chi connectivity index (χ0n) is 14.1. The Morgan fingerprint density at radius 3 is 2.52 bits per heavy atom. The number of amides is 3. The number of anilines is 1. The number of ether oxygens (including phenoxy) is 1. The smallest absolute Gasteiger partial charge is 0.330 e. The second kappa shape index (κ2) is 9.86. The number of nitrogens with two attached hydrogens (primary N) is 1. The summed E-state index contributed by atoms with van der Waals surface area (Å²) in [5, 5.41) is 5.02. The van der Waals surface area contributed by atoms with Gasteiger partial charge in [0, 0.05) is 13.0 Å². The Morgan fingerprint density at radius 1 is 1.24 bits per heavy atom. The van der Waals surface area contributed by atoms with Gasteiger partial charge < -0.3 is 21.1 Å². The molecule has 0 spiro atoms. The molecule has 4 N–H and O–H groups in total. The quantitative estimate of drug-likeness (QED) is 0.472. The van der Waals surface area contributed by atoms with Gasteiger partial charge in [0.2, 0.25) is 11.8 Å². The molecule has 0 aliphatic heterocycles. The van der Waals surface area contributed by atoms with Crippen LogP contribution in [0, 0.1) is 0 Å². The first-order valence-electron chi connectivity index (χ1n) is 7.65. The molecule has 0 unspecified atom stereocenters. The molecular weight excluding hydrogens is 326 g/mol. The SMILES string of the molecule is CCOC(=O)/C=C/C[C@H](NC(=O)c1ccccc1NC(C)=O)C(N)=O. The topological polar surface area (TPSA) is 128 Å². The average molecular weight is 347 g/mol. The van der Waals surface area contributed by atoms with Crippen LogP contribution in [0.25, 0.3) is 0 Å². The lowest BCUT2D eigenvalue weighted by Crippen LogP contribution is -2.44. The Labute approximate surface area is 145 Å². The predicted molar refractivity (Wildman–Crippen MR) is 91.6 cm³/mol. The second-order valence-corrected chi connectivity index (χ2v) is 5.05. The normalized spacial score (nSPS) is 11.6. The van der Waals surface area contributed by atoms with Crippen LogP contribution in [-0.2, 0) is 19.1 Å². The second-order valence-electron chi connectivity index (χ2n) is 5.05. The summed E-state index contributed by atoms with van der Waals surface area (Å²) in [5.74, 6) is -2.20. The minimum absolute atomic E-state index is 0.0300. The highest BCUT2D eigenvalue weighted by atomic mass is 16.5. The van der Waals surface area contributed by atoms with Crippen LogP contribution in [0.3, 0.4) is 0 Å². The van der Waals surface area contributed by atoms with Crippen molar-refractivity contribution in [2.24, 2.45) is 5.73 Å². The Balaban J connectivity index is 2.82. The molecule has 0 fully saturated rings. The fourth-order valence-electron chi connectivity index (χ4n) is 1.95. The van der Waals surface area contributed by atoms with E-state index in [0.29, 0.717) is 5.69 Å². The van der Waals surface area contributed by atoms with Crippen molar-refractivity contribution in [3.63, 3.8) is 0 Å². The first kappa shape index (κ1) is 19.9. The van der Waals surface area contributed by atoms with Crippen LogP contribution in [0.5, 0.6) is 0 Å². The first-order chi connectivity index (χ1) is 11.8. The zero-order chi connectivity index (χ0) is 18.8. The molecule has 8 nitrogen and oxygen atoms in total. The van der Waals surface area contributed by atoms with Crippen molar-refractivity contribution in [3.8, 4) is 0 Å². The van der Waals surface area contributed by atoms with E-state index < -0.39 is 23.8 Å². The summed E-state index contributed by atoms with van der Waals surface area (Å²) in [6.07, 6.45) is 2.59. The summed E-state index contributed by atoms with van der Waals surface area (Å²) in [4.78, 5) is 46.3. The maximum Gasteiger partial charge on any atom is 0.330 e. The molecule has 0 aliphatic carbocycles. The van der Waals surface area contributed by atoms with Gasteiger partial charge in [0.1, 0.15) is 6.04 Å². The molecule has 25 heavy (non-hydrogen) atoms. The van der Waals surface area contributed by atoms with Crippen LogP contribution in [0.4, 0.5) is 5.69 Å². The van der Waals surface area contributed by atoms with Crippen molar-refractivity contribution < 1.29 is 23.9 Å². The van der Waals surface area contributed by atoms with Gasteiger partial charge >= 0.3 is 5.97 Å². The number of esters is 1. The number of benzene rings is 1. The molecule has 8 heteroatoms. The van der Waals surface area contributed by atoms with Crippen LogP contribution in [0.2, 0.25) is 0 Å². The van der Waals surface area contributed by atoms with Crippen LogP contribution in [0.1, 0.15) is 30.6 Å². The van der Waals surface area contributed by atoms with Crippen molar-refractivity contribution in [3.05, 3.63) is 42.0 Å². The van der Waals surface area contributed by atoms with Gasteiger partial charge in [-0.3, -0.25) is 14.4 Å². The lowest BCUT2D eigenvalue weighted by Gasteiger charge is -2.15. The van der Waals surface area contributed by atoms with Gasteiger partial charge in [-0.25, -0.2) is 4.79 Å². The third-order valence-corrected chi connectivity index (χ3v) is 3.04. The van der Waals surface area contributed by atoms with Gasteiger partial charge in [0.15, 0.2) is 0 Å². The third-order valence-electron chi connectivity index (χ3n) is 3.04. The molecule has 1 rings (SSSR count). The van der Waals surface area contributed by atoms with Gasteiger partial charge in [-0.15, -0.1) is 0 Å². The van der Waals surface area contributed by atoms with Gasteiger partial charge in [0.25, 0.3) is 5.91 Å². The monoisotopic (exact) mass is 347 g/mol. The van der Waals surface area contributed by atoms with Gasteiger partial charge in [-0.1, -0.05) is 18.2 Å². The third kappa shape index (κ3) is 6.86. The van der Waals surface area contributed by atoms with Crippen LogP contribution in [-0.4, -0.2) is 36.3 Å². The van der Waals surface area contributed by atoms with Crippen molar-refractivity contribution in [2.75, 3.05) is 11.9 Å². The van der Waals surface area contributed by atoms with E-state index in [0.717, 1.165) is 6.08 Å². The summed E-state index contributed by atoms with van der Waals surface area (Å²) < 4.78 is 4.72. The number of hydrogen-bond donors (Lipinski definition) is 3. The molecule has 134 valence electrons. The molecule has 0 saturated carbocycles. The van der Waals surface area contributed by atoms with Crippen LogP contribution >= 0.6 is 0 Å². The standard InChI is InChI=1S/C17H21N3O5/c1-3-25-15(22)10-6-9-14(16(18)23)20-17(24)12-7-4-5-8-13(12)19-11(2)21/h4-8,10,14H,3,9H2,1-2H3,(H2,18,23)(H,19,21)(H,20,24)/b10-6+/t14-/m0/s1. The minimum atomic E-state index is -1.01. The summed E-state index contributed by atoms with van der Waals surface area (Å²) in [6, 6.07) is 5.35. The lowest BCUT2D eigenvalue weighted by atomic mass is 10.1. The molecule has 0 heterocycles. The van der Waals surface area contributed by atoms with Gasteiger partial charge in [-0.2, -0.15) is 0 Å². The molecule has 1 aromatic carbocycles. The maximum atomic E-state index is 12.4. The molecule has 0 saturated heterocycles. The van der Waals surface area contributed by atoms with Gasteiger partial charge in [0.05, 0.1) is 17.9 Å². The molecule has 1 atom stereocenters. The molecule has 0 aromatic heterocycles. The van der Waals surface area contributed by atoms with Crippen molar-refractivity contribution in [1.29, 1.82) is 0 Å². The number of carbonyl (C=O) groups is 4. The first-order valence-corrected chi connectivity index (χ1v) is 7.65. The number of hydrogen-bond acceptors (Lipinski definition) is 5. The number of nitrogens with one attached hydrogen (secondary N) is 2. The van der Waals surface area contributed by atoms with Crippen molar-refractivity contribution in [2.45, 2.75) is 26.3 Å². The summed E-state index contributed by atoms with van der Waals surface area (Å²) in [6.45, 7) is 3.23. The predicted octanol–water partition coefficient (Wildman–Crippen LogP) is 0.738. The summed E-state index contributed by atoms with van der Waals surface area (Å²) in [5.41, 5.74) is 5.79. The Morgan fingerprint density at radius 2 is 1.92 bits per heavy atom. The molecule has 0 bridgehead atoms. The highest BCUT2D eigenvalue weighted by Gasteiger charge is 2.19. The molecular formula is C17H21N3O5. The number of para-hydroxylation sites is 1. The Hall–Kier alpha value is -3.16. The van der Waals surface area contributed by atoms with Crippen molar-refractivity contribution >= 4 is 29.4 Å². The number of carbonyl (C=O) groups excluding carboxylic acids is 4. The molecule has 0 radical (unpaired) electrons. The van der Waals surface area contributed by atoms with Crippen LogP contribution < -0.4 is 16.4 Å². The highest BCUT2D eigenvalue weighted by molar-refractivity contribution is 6.04. The summed E-state index contributed by atoms with van der Waals surface area (Å²) in [7, 11) is 0. The fraction of sp³-hybridized carbons (Fsp3) is 0.294. The van der Waals surface area contributed by atoms with E-state index in [4.69, 9.17) is 10.5 Å². The largest absolute Gasteiger partial charge is 0.463 e. The van der Waals surface area contributed by atoms with Crippen molar-refractivity contribution in [1.82, 2.24) is 5.32 Å². The summed E-state index contributed by atoms with van der Waals surface area (Å²) >= 11 is 0. The Bertz CT molecular complexity index is 685. The van der Waals surface area contributed by atoms with E-state index in [1.165, 1.54) is 19.1 Å². The zero-order valence-corrected chi connectivity index (χ0v) is 14.1. The van der Waals surface area contributed by atoms with E-state index in [9.17, 15) is 19.2 Å². The van der Waals surface area contributed by atoms with E-state index in [-0.39, 0.29) is 24.5 Å². The number of rotatable bonds is 8. The van der Waals surface area contributed by atoms with E-state index in [1.54, 1.807) is 25.1 Å². The fourth-order valence-corrected chi connectivity index (χ4v) is 1.95. The average Bonchev–Trinajstić information content (AvgIpc) is 2.53.